The number of allylic oxidation sites excluding steroid dienone is 4. The predicted octanol–water partition coefficient (Wildman–Crippen LogP) is 6.55. The van der Waals surface area contributed by atoms with Crippen LogP contribution in [0.1, 0.15) is 57.1 Å². The molecule has 1 saturated heterocycles. The van der Waals surface area contributed by atoms with Gasteiger partial charge in [-0.25, -0.2) is 0 Å². The minimum atomic E-state index is 0.518. The van der Waals surface area contributed by atoms with Crippen LogP contribution in [0.15, 0.2) is 60.7 Å². The van der Waals surface area contributed by atoms with Gasteiger partial charge >= 0.3 is 0 Å². The van der Waals surface area contributed by atoms with E-state index in [2.05, 4.69) is 102 Å². The fourth-order valence-electron chi connectivity index (χ4n) is 3.61. The van der Waals surface area contributed by atoms with Gasteiger partial charge in [0.2, 0.25) is 0 Å². The third kappa shape index (κ3) is 5.79. The number of aryl methyl sites for hydroxylation is 1. The smallest absolute Gasteiger partial charge is 0.0213 e. The molecule has 1 aliphatic carbocycles. The van der Waals surface area contributed by atoms with E-state index in [0.29, 0.717) is 17.9 Å². The molecule has 0 aromatic heterocycles. The topological polar surface area (TPSA) is 3.24 Å². The summed E-state index contributed by atoms with van der Waals surface area (Å²) in [6, 6.07) is 9.17. The summed E-state index contributed by atoms with van der Waals surface area (Å²) in [6.45, 7) is 10.2. The van der Waals surface area contributed by atoms with E-state index in [9.17, 15) is 0 Å². The van der Waals surface area contributed by atoms with Crippen LogP contribution < -0.4 is 0 Å². The van der Waals surface area contributed by atoms with Gasteiger partial charge in [-0.2, -0.15) is 0 Å². The largest absolute Gasteiger partial charge is 0.271 e. The monoisotopic (exact) mass is 367 g/mol. The number of hydrogen-bond acceptors (Lipinski definition) is 0. The van der Waals surface area contributed by atoms with Gasteiger partial charge in [-0.15, -0.1) is 8.86 Å². The highest BCUT2D eigenvalue weighted by molar-refractivity contribution is 7.20. The average molecular weight is 368 g/mol. The van der Waals surface area contributed by atoms with E-state index in [4.69, 9.17) is 0 Å². The van der Waals surface area contributed by atoms with E-state index in [-0.39, 0.29) is 0 Å². The highest BCUT2D eigenvalue weighted by atomic mass is 31.0. The minimum Gasteiger partial charge on any atom is -0.271 e. The van der Waals surface area contributed by atoms with Crippen molar-refractivity contribution in [2.45, 2.75) is 58.9 Å². The molecule has 0 saturated carbocycles. The van der Waals surface area contributed by atoms with Gasteiger partial charge in [-0.1, -0.05) is 74.6 Å². The molecule has 0 radical (unpaired) electrons. The van der Waals surface area contributed by atoms with E-state index in [1.54, 1.807) is 0 Å². The molecule has 0 amide bonds. The van der Waals surface area contributed by atoms with Gasteiger partial charge < -0.3 is 0 Å². The quantitative estimate of drug-likeness (QED) is 0.545. The number of rotatable bonds is 4. The van der Waals surface area contributed by atoms with Crippen molar-refractivity contribution in [3.05, 3.63) is 71.8 Å². The van der Waals surface area contributed by atoms with Gasteiger partial charge in [0, 0.05) is 23.9 Å². The summed E-state index contributed by atoms with van der Waals surface area (Å²) in [7, 11) is 3.72. The van der Waals surface area contributed by atoms with Crippen molar-refractivity contribution in [2.24, 2.45) is 5.92 Å². The fraction of sp³-hybridized carbons (Fsp3) is 0.458. The zero-order chi connectivity index (χ0) is 18.9. The lowest BCUT2D eigenvalue weighted by molar-refractivity contribution is 0.323. The highest BCUT2D eigenvalue weighted by Crippen LogP contribution is 2.23. The Balaban J connectivity index is 0.000000197. The van der Waals surface area contributed by atoms with Gasteiger partial charge in [-0.3, -0.25) is 4.90 Å². The third-order valence-corrected chi connectivity index (χ3v) is 6.08. The summed E-state index contributed by atoms with van der Waals surface area (Å²) < 4.78 is 0. The van der Waals surface area contributed by atoms with Crippen LogP contribution in [-0.2, 0) is 0 Å². The maximum Gasteiger partial charge on any atom is 0.0213 e. The molecular formula is C24H34NP. The summed E-state index contributed by atoms with van der Waals surface area (Å²) in [5.74, 6) is 1.22. The number of benzene rings is 1. The van der Waals surface area contributed by atoms with Crippen LogP contribution in [0, 0.1) is 12.8 Å². The first-order chi connectivity index (χ1) is 12.5. The van der Waals surface area contributed by atoms with Crippen molar-refractivity contribution in [3.8, 4) is 0 Å². The number of hydrogen-bond donors (Lipinski definition) is 0. The lowest BCUT2D eigenvalue weighted by atomic mass is 9.95. The molecule has 1 aliphatic heterocycles. The van der Waals surface area contributed by atoms with Crippen LogP contribution in [0.3, 0.4) is 0 Å². The molecule has 2 heteroatoms. The molecule has 2 atom stereocenters. The average Bonchev–Trinajstić information content (AvgIpc) is 2.91. The summed E-state index contributed by atoms with van der Waals surface area (Å²) in [4.78, 5) is 2.47. The predicted molar refractivity (Wildman–Crippen MR) is 120 cm³/mol. The van der Waals surface area contributed by atoms with E-state index in [0.717, 1.165) is 0 Å². The van der Waals surface area contributed by atoms with Gasteiger partial charge in [0.15, 0.2) is 0 Å². The van der Waals surface area contributed by atoms with E-state index >= 15 is 0 Å². The number of nitrogens with zero attached hydrogens (tertiary/aromatic N) is 1. The second-order valence-electron chi connectivity index (χ2n) is 7.38. The molecule has 1 aromatic rings. The number of likely N-dealkylation sites (tertiary alicyclic amines) is 1. The maximum atomic E-state index is 3.72. The summed E-state index contributed by atoms with van der Waals surface area (Å²) in [5, 5.41) is 0. The molecule has 3 rings (SSSR count). The van der Waals surface area contributed by atoms with E-state index in [1.807, 2.05) is 0 Å². The Bertz CT molecular complexity index is 655. The second-order valence-corrected chi connectivity index (χ2v) is 7.96. The molecule has 140 valence electrons. The summed E-state index contributed by atoms with van der Waals surface area (Å²) in [6.07, 6.45) is 16.7. The maximum absolute atomic E-state index is 3.72. The van der Waals surface area contributed by atoms with Crippen molar-refractivity contribution in [2.75, 3.05) is 6.54 Å². The Morgan fingerprint density at radius 1 is 1.08 bits per heavy atom. The molecule has 0 bridgehead atoms. The van der Waals surface area contributed by atoms with Crippen molar-refractivity contribution in [1.29, 1.82) is 0 Å². The van der Waals surface area contributed by atoms with Crippen molar-refractivity contribution in [3.63, 3.8) is 0 Å². The Hall–Kier alpha value is -1.43. The van der Waals surface area contributed by atoms with Crippen LogP contribution in [0.5, 0.6) is 0 Å². The molecule has 2 unspecified atom stereocenters. The Morgan fingerprint density at radius 3 is 2.27 bits per heavy atom. The molecule has 2 aliphatic rings. The van der Waals surface area contributed by atoms with Crippen LogP contribution in [0.4, 0.5) is 0 Å². The van der Waals surface area contributed by atoms with Gasteiger partial charge in [0.25, 0.3) is 0 Å². The summed E-state index contributed by atoms with van der Waals surface area (Å²) >= 11 is 0. The van der Waals surface area contributed by atoms with Crippen LogP contribution >= 0.6 is 8.86 Å². The molecule has 1 fully saturated rings. The second kappa shape index (κ2) is 10.7. The standard InChI is InChI=1S/C13H18NP.C11H16/c1-11(14-10-6-9-13(14)15)12-7-4-2-3-5-8-12;1-4-9(2)11-8-6-5-7-10(11)3/h2-5,7-8,11-12,15H,6,9-10H2,1H3;5-9H,4H2,1-3H3. The molecule has 0 spiro atoms. The molecular weight excluding hydrogens is 333 g/mol. The Kier molecular flexibility index (Phi) is 8.55. The molecule has 26 heavy (non-hydrogen) atoms. The Morgan fingerprint density at radius 2 is 1.73 bits per heavy atom. The van der Waals surface area contributed by atoms with Crippen molar-refractivity contribution < 1.29 is 0 Å². The zero-order valence-corrected chi connectivity index (χ0v) is 17.8. The molecule has 1 aromatic carbocycles. The lowest BCUT2D eigenvalue weighted by Gasteiger charge is -2.28. The normalized spacial score (nSPS) is 19.8. The van der Waals surface area contributed by atoms with Crippen LogP contribution in [0.2, 0.25) is 0 Å². The van der Waals surface area contributed by atoms with Crippen LogP contribution in [0.25, 0.3) is 0 Å². The van der Waals surface area contributed by atoms with Gasteiger partial charge in [0.05, 0.1) is 0 Å². The van der Waals surface area contributed by atoms with Crippen LogP contribution in [-0.4, -0.2) is 22.9 Å². The fourth-order valence-corrected chi connectivity index (χ4v) is 4.10. The van der Waals surface area contributed by atoms with Gasteiger partial charge in [0.1, 0.15) is 0 Å². The summed E-state index contributed by atoms with van der Waals surface area (Å²) in [5.41, 5.74) is 4.28. The molecule has 1 heterocycles. The molecule has 0 N–H and O–H groups in total. The zero-order valence-electron chi connectivity index (χ0n) is 16.8. The highest BCUT2D eigenvalue weighted by Gasteiger charge is 2.25. The van der Waals surface area contributed by atoms with Crippen molar-refractivity contribution in [1.82, 2.24) is 4.90 Å². The first-order valence-electron chi connectivity index (χ1n) is 9.95. The lowest BCUT2D eigenvalue weighted by Crippen LogP contribution is -2.37. The van der Waals surface area contributed by atoms with Crippen molar-refractivity contribution >= 4 is 14.3 Å². The first-order valence-corrected chi connectivity index (χ1v) is 10.5. The third-order valence-electron chi connectivity index (χ3n) is 5.54. The SMILES string of the molecule is CC(C1C=CC=CC=C1)N1CCCC1=P.CCC(C)c1ccccc1C. The van der Waals surface area contributed by atoms with E-state index in [1.165, 1.54) is 42.4 Å². The first kappa shape index (κ1) is 20.9. The van der Waals surface area contributed by atoms with Gasteiger partial charge in [-0.05, 0) is 50.2 Å². The Labute approximate surface area is 162 Å². The minimum absolute atomic E-state index is 0.518. The molecule has 1 nitrogen and oxygen atoms in total. The van der Waals surface area contributed by atoms with E-state index < -0.39 is 0 Å².